The average molecular weight is 84.1 g/mol. The smallest absolute Gasteiger partial charge is 0.0307 e. The minimum absolute atomic E-state index is 0.385. The molecule has 0 aliphatic carbocycles. The summed E-state index contributed by atoms with van der Waals surface area (Å²) in [5.41, 5.74) is 7.72. The lowest BCUT2D eigenvalue weighted by Crippen LogP contribution is -1.85. The predicted octanol–water partition coefficient (Wildman–Crippen LogP) is 1.24. The summed E-state index contributed by atoms with van der Waals surface area (Å²) in [6, 6.07) is 0. The summed E-state index contributed by atoms with van der Waals surface area (Å²) >= 11 is 0. The quantitative estimate of drug-likeness (QED) is 0.449. The molecule has 0 aromatic rings. The SMILES string of the molecule is C=C(CC)C[NH]. The molecule has 0 aromatic carbocycles. The zero-order valence-corrected chi connectivity index (χ0v) is 4.12. The second-order valence-corrected chi connectivity index (χ2v) is 1.28. The van der Waals surface area contributed by atoms with Gasteiger partial charge in [0.15, 0.2) is 0 Å². The van der Waals surface area contributed by atoms with Crippen LogP contribution in [0.3, 0.4) is 0 Å². The topological polar surface area (TPSA) is 23.8 Å². The number of rotatable bonds is 2. The molecule has 0 bridgehead atoms. The molecule has 0 atom stereocenters. The molecular weight excluding hydrogens is 74.1 g/mol. The lowest BCUT2D eigenvalue weighted by atomic mass is 10.2. The van der Waals surface area contributed by atoms with E-state index in [1.54, 1.807) is 0 Å². The first kappa shape index (κ1) is 5.70. The molecule has 0 spiro atoms. The average Bonchev–Trinajstić information content (AvgIpc) is 1.65. The van der Waals surface area contributed by atoms with Gasteiger partial charge in [-0.15, -0.1) is 0 Å². The van der Waals surface area contributed by atoms with Crippen LogP contribution < -0.4 is 5.73 Å². The Morgan fingerprint density at radius 2 is 2.33 bits per heavy atom. The molecule has 0 aromatic heterocycles. The van der Waals surface area contributed by atoms with Crippen molar-refractivity contribution >= 4 is 0 Å². The molecule has 0 saturated carbocycles. The van der Waals surface area contributed by atoms with Crippen molar-refractivity contribution in [2.24, 2.45) is 0 Å². The summed E-state index contributed by atoms with van der Waals surface area (Å²) < 4.78 is 0. The van der Waals surface area contributed by atoms with E-state index in [2.05, 4.69) is 6.58 Å². The highest BCUT2D eigenvalue weighted by molar-refractivity contribution is 4.92. The highest BCUT2D eigenvalue weighted by atomic mass is 14.5. The molecule has 1 N–H and O–H groups in total. The molecule has 6 heavy (non-hydrogen) atoms. The first-order valence-electron chi connectivity index (χ1n) is 2.12. The Bertz CT molecular complexity index is 41.9. The van der Waals surface area contributed by atoms with Crippen LogP contribution in [0, 0.1) is 0 Å². The third-order valence-electron chi connectivity index (χ3n) is 0.750. The van der Waals surface area contributed by atoms with Gasteiger partial charge in [0.25, 0.3) is 0 Å². The Balaban J connectivity index is 2.99. The zero-order valence-electron chi connectivity index (χ0n) is 4.12. The molecule has 0 amide bonds. The normalized spacial score (nSPS) is 8.33. The van der Waals surface area contributed by atoms with Crippen molar-refractivity contribution in [2.75, 3.05) is 6.54 Å². The first-order valence-corrected chi connectivity index (χ1v) is 2.12. The summed E-state index contributed by atoms with van der Waals surface area (Å²) in [7, 11) is 0. The molecule has 0 aliphatic rings. The van der Waals surface area contributed by atoms with E-state index in [0.29, 0.717) is 6.54 Å². The van der Waals surface area contributed by atoms with E-state index in [0.717, 1.165) is 12.0 Å². The molecule has 0 unspecified atom stereocenters. The second kappa shape index (κ2) is 2.91. The van der Waals surface area contributed by atoms with Crippen molar-refractivity contribution in [3.05, 3.63) is 12.2 Å². The van der Waals surface area contributed by atoms with E-state index in [1.807, 2.05) is 6.92 Å². The van der Waals surface area contributed by atoms with Gasteiger partial charge in [-0.3, -0.25) is 5.73 Å². The van der Waals surface area contributed by atoms with Gasteiger partial charge in [0.2, 0.25) is 0 Å². The fourth-order valence-corrected chi connectivity index (χ4v) is 0.125. The van der Waals surface area contributed by atoms with Crippen LogP contribution in [-0.4, -0.2) is 6.54 Å². The number of hydrogen-bond acceptors (Lipinski definition) is 0. The Hall–Kier alpha value is -0.300. The van der Waals surface area contributed by atoms with E-state index in [1.165, 1.54) is 0 Å². The van der Waals surface area contributed by atoms with Gasteiger partial charge in [-0.1, -0.05) is 19.1 Å². The Morgan fingerprint density at radius 1 is 1.83 bits per heavy atom. The minimum Gasteiger partial charge on any atom is -0.253 e. The fraction of sp³-hybridized carbons (Fsp3) is 0.600. The summed E-state index contributed by atoms with van der Waals surface area (Å²) in [6.45, 7) is 6.00. The summed E-state index contributed by atoms with van der Waals surface area (Å²) in [6.07, 6.45) is 0.948. The van der Waals surface area contributed by atoms with Crippen molar-refractivity contribution in [1.29, 1.82) is 0 Å². The molecule has 0 rings (SSSR count). The molecule has 0 saturated heterocycles. The molecule has 1 heteroatoms. The highest BCUT2D eigenvalue weighted by Gasteiger charge is 1.78. The van der Waals surface area contributed by atoms with E-state index in [9.17, 15) is 0 Å². The fourth-order valence-electron chi connectivity index (χ4n) is 0.125. The maximum absolute atomic E-state index is 6.71. The third kappa shape index (κ3) is 1.97. The van der Waals surface area contributed by atoms with Crippen molar-refractivity contribution in [3.63, 3.8) is 0 Å². The summed E-state index contributed by atoms with van der Waals surface area (Å²) in [4.78, 5) is 0. The maximum atomic E-state index is 6.71. The van der Waals surface area contributed by atoms with Gasteiger partial charge in [0, 0.05) is 6.54 Å². The van der Waals surface area contributed by atoms with Crippen LogP contribution in [0.2, 0.25) is 0 Å². The van der Waals surface area contributed by atoms with Crippen molar-refractivity contribution in [2.45, 2.75) is 13.3 Å². The van der Waals surface area contributed by atoms with Crippen LogP contribution >= 0.6 is 0 Å². The Morgan fingerprint density at radius 3 is 2.33 bits per heavy atom. The van der Waals surface area contributed by atoms with Crippen molar-refractivity contribution in [3.8, 4) is 0 Å². The number of nitrogens with one attached hydrogen (secondary N) is 1. The predicted molar refractivity (Wildman–Crippen MR) is 27.4 cm³/mol. The van der Waals surface area contributed by atoms with Gasteiger partial charge >= 0.3 is 0 Å². The molecular formula is C5H10N. The second-order valence-electron chi connectivity index (χ2n) is 1.28. The van der Waals surface area contributed by atoms with Crippen LogP contribution in [0.5, 0.6) is 0 Å². The van der Waals surface area contributed by atoms with Gasteiger partial charge in [-0.05, 0) is 6.42 Å². The van der Waals surface area contributed by atoms with Gasteiger partial charge in [0.05, 0.1) is 0 Å². The molecule has 35 valence electrons. The first-order chi connectivity index (χ1) is 2.81. The van der Waals surface area contributed by atoms with Gasteiger partial charge in [-0.25, -0.2) is 0 Å². The zero-order chi connectivity index (χ0) is 4.99. The Labute approximate surface area is 38.8 Å². The van der Waals surface area contributed by atoms with Crippen LogP contribution in [0.15, 0.2) is 12.2 Å². The lowest BCUT2D eigenvalue weighted by molar-refractivity contribution is 0.996. The molecule has 1 nitrogen and oxygen atoms in total. The molecule has 0 fully saturated rings. The minimum atomic E-state index is 0.385. The van der Waals surface area contributed by atoms with E-state index >= 15 is 0 Å². The third-order valence-corrected chi connectivity index (χ3v) is 0.750. The lowest BCUT2D eigenvalue weighted by Gasteiger charge is -1.88. The van der Waals surface area contributed by atoms with Gasteiger partial charge in [0.1, 0.15) is 0 Å². The van der Waals surface area contributed by atoms with E-state index in [-0.39, 0.29) is 0 Å². The highest BCUT2D eigenvalue weighted by Crippen LogP contribution is 1.89. The molecule has 1 radical (unpaired) electrons. The van der Waals surface area contributed by atoms with Gasteiger partial charge in [-0.2, -0.15) is 0 Å². The van der Waals surface area contributed by atoms with Crippen LogP contribution in [0.4, 0.5) is 0 Å². The largest absolute Gasteiger partial charge is 0.253 e. The monoisotopic (exact) mass is 84.1 g/mol. The van der Waals surface area contributed by atoms with E-state index in [4.69, 9.17) is 5.73 Å². The van der Waals surface area contributed by atoms with Crippen LogP contribution in [-0.2, 0) is 0 Å². The maximum Gasteiger partial charge on any atom is 0.0307 e. The standard InChI is InChI=1S/C5H10N/c1-3-5(2)4-6/h6H,2-4H2,1H3. The van der Waals surface area contributed by atoms with Crippen molar-refractivity contribution in [1.82, 2.24) is 5.73 Å². The Kier molecular flexibility index (Phi) is 2.77. The molecule has 0 heterocycles. The number of hydrogen-bond donors (Lipinski definition) is 0. The van der Waals surface area contributed by atoms with E-state index < -0.39 is 0 Å². The molecule has 0 aliphatic heterocycles. The van der Waals surface area contributed by atoms with Crippen LogP contribution in [0.1, 0.15) is 13.3 Å². The van der Waals surface area contributed by atoms with Gasteiger partial charge < -0.3 is 0 Å². The van der Waals surface area contributed by atoms with Crippen LogP contribution in [0.25, 0.3) is 0 Å². The van der Waals surface area contributed by atoms with Crippen molar-refractivity contribution < 1.29 is 0 Å². The summed E-state index contributed by atoms with van der Waals surface area (Å²) in [5.74, 6) is 0. The summed E-state index contributed by atoms with van der Waals surface area (Å²) in [5, 5.41) is 0.